The number of hydrogen-bond acceptors (Lipinski definition) is 4. The number of pyridine rings is 1. The molecule has 120 valence electrons. The molecule has 1 N–H and O–H groups in total. The molecule has 3 aromatic rings. The Bertz CT molecular complexity index is 892. The highest BCUT2D eigenvalue weighted by Crippen LogP contribution is 2.22. The molecular weight excluding hydrogens is 304 g/mol. The van der Waals surface area contributed by atoms with Gasteiger partial charge in [-0.05, 0) is 35.2 Å². The van der Waals surface area contributed by atoms with E-state index in [-0.39, 0.29) is 12.3 Å². The molecule has 5 heteroatoms. The van der Waals surface area contributed by atoms with Crippen LogP contribution in [0.3, 0.4) is 0 Å². The highest BCUT2D eigenvalue weighted by Gasteiger charge is 2.11. The van der Waals surface area contributed by atoms with Crippen molar-refractivity contribution >= 4 is 28.5 Å². The van der Waals surface area contributed by atoms with E-state index in [4.69, 9.17) is 4.74 Å². The summed E-state index contributed by atoms with van der Waals surface area (Å²) in [5.74, 6) is -0.0635. The minimum absolute atomic E-state index is 0.141. The van der Waals surface area contributed by atoms with Crippen molar-refractivity contribution in [3.8, 4) is 0 Å². The Morgan fingerprint density at radius 2 is 1.88 bits per heavy atom. The first kappa shape index (κ1) is 15.7. The predicted molar refractivity (Wildman–Crippen MR) is 91.9 cm³/mol. The lowest BCUT2D eigenvalue weighted by molar-refractivity contribution is -0.115. The first-order valence-corrected chi connectivity index (χ1v) is 7.48. The second-order valence-corrected chi connectivity index (χ2v) is 5.30. The third-order valence-corrected chi connectivity index (χ3v) is 3.65. The maximum absolute atomic E-state index is 12.2. The topological polar surface area (TPSA) is 68.3 Å². The lowest BCUT2D eigenvalue weighted by Crippen LogP contribution is -2.15. The van der Waals surface area contributed by atoms with E-state index in [2.05, 4.69) is 10.3 Å². The number of methoxy groups -OCH3 is 1. The van der Waals surface area contributed by atoms with E-state index in [0.29, 0.717) is 11.4 Å². The molecule has 1 aromatic heterocycles. The maximum atomic E-state index is 12.2. The average molecular weight is 320 g/mol. The summed E-state index contributed by atoms with van der Waals surface area (Å²) >= 11 is 0. The molecule has 5 nitrogen and oxygen atoms in total. The van der Waals surface area contributed by atoms with E-state index >= 15 is 0 Å². The number of hydrogen-bond donors (Lipinski definition) is 1. The van der Waals surface area contributed by atoms with Crippen LogP contribution < -0.4 is 5.32 Å². The number of amides is 1. The van der Waals surface area contributed by atoms with Gasteiger partial charge in [0.15, 0.2) is 0 Å². The molecule has 0 aliphatic rings. The largest absolute Gasteiger partial charge is 0.465 e. The summed E-state index contributed by atoms with van der Waals surface area (Å²) in [6, 6.07) is 16.4. The SMILES string of the molecule is COC(=O)c1ccc2c(NC(=O)Cc3ccccc3)nccc2c1. The lowest BCUT2D eigenvalue weighted by atomic mass is 10.1. The Balaban J connectivity index is 1.84. The summed E-state index contributed by atoms with van der Waals surface area (Å²) in [5.41, 5.74) is 1.39. The van der Waals surface area contributed by atoms with E-state index in [9.17, 15) is 9.59 Å². The molecule has 1 amide bonds. The number of benzene rings is 2. The summed E-state index contributed by atoms with van der Waals surface area (Å²) in [4.78, 5) is 28.1. The summed E-state index contributed by atoms with van der Waals surface area (Å²) in [5, 5.41) is 4.41. The van der Waals surface area contributed by atoms with Crippen LogP contribution in [0.5, 0.6) is 0 Å². The van der Waals surface area contributed by atoms with Crippen LogP contribution >= 0.6 is 0 Å². The van der Waals surface area contributed by atoms with Crippen molar-refractivity contribution in [2.45, 2.75) is 6.42 Å². The number of ether oxygens (including phenoxy) is 1. The van der Waals surface area contributed by atoms with Gasteiger partial charge in [-0.3, -0.25) is 4.79 Å². The summed E-state index contributed by atoms with van der Waals surface area (Å²) in [6.07, 6.45) is 1.88. The molecule has 3 rings (SSSR count). The van der Waals surface area contributed by atoms with Crippen molar-refractivity contribution in [1.82, 2.24) is 4.98 Å². The Kier molecular flexibility index (Phi) is 4.52. The van der Waals surface area contributed by atoms with Gasteiger partial charge in [0.1, 0.15) is 5.82 Å². The van der Waals surface area contributed by atoms with Crippen LogP contribution in [0.2, 0.25) is 0 Å². The molecule has 0 aliphatic carbocycles. The molecule has 0 aliphatic heterocycles. The van der Waals surface area contributed by atoms with Gasteiger partial charge in [-0.15, -0.1) is 0 Å². The second kappa shape index (κ2) is 6.91. The van der Waals surface area contributed by atoms with Gasteiger partial charge in [0.2, 0.25) is 5.91 Å². The van der Waals surface area contributed by atoms with Crippen LogP contribution in [0.4, 0.5) is 5.82 Å². The molecule has 0 unspecified atom stereocenters. The van der Waals surface area contributed by atoms with Crippen molar-refractivity contribution in [2.24, 2.45) is 0 Å². The van der Waals surface area contributed by atoms with Crippen molar-refractivity contribution < 1.29 is 14.3 Å². The van der Waals surface area contributed by atoms with Crippen LogP contribution in [-0.2, 0) is 16.0 Å². The molecule has 0 saturated heterocycles. The van der Waals surface area contributed by atoms with E-state index in [1.807, 2.05) is 30.3 Å². The van der Waals surface area contributed by atoms with Crippen LogP contribution in [0, 0.1) is 0 Å². The molecule has 1 heterocycles. The van der Waals surface area contributed by atoms with Crippen molar-refractivity contribution in [1.29, 1.82) is 0 Å². The molecule has 0 atom stereocenters. The monoisotopic (exact) mass is 320 g/mol. The average Bonchev–Trinajstić information content (AvgIpc) is 2.61. The van der Waals surface area contributed by atoms with Crippen LogP contribution in [0.1, 0.15) is 15.9 Å². The van der Waals surface area contributed by atoms with Gasteiger partial charge in [0, 0.05) is 11.6 Å². The number of aromatic nitrogens is 1. The van der Waals surface area contributed by atoms with Crippen molar-refractivity contribution in [3.63, 3.8) is 0 Å². The zero-order chi connectivity index (χ0) is 16.9. The fraction of sp³-hybridized carbons (Fsp3) is 0.105. The normalized spacial score (nSPS) is 10.4. The van der Waals surface area contributed by atoms with Gasteiger partial charge in [-0.1, -0.05) is 30.3 Å². The van der Waals surface area contributed by atoms with E-state index < -0.39 is 5.97 Å². The van der Waals surface area contributed by atoms with Crippen molar-refractivity contribution in [2.75, 3.05) is 12.4 Å². The Labute approximate surface area is 139 Å². The number of fused-ring (bicyclic) bond motifs is 1. The Morgan fingerprint density at radius 1 is 1.08 bits per heavy atom. The molecule has 0 saturated carbocycles. The van der Waals surface area contributed by atoms with Gasteiger partial charge >= 0.3 is 5.97 Å². The summed E-state index contributed by atoms with van der Waals surface area (Å²) < 4.78 is 4.72. The first-order valence-electron chi connectivity index (χ1n) is 7.48. The zero-order valence-electron chi connectivity index (χ0n) is 13.2. The minimum Gasteiger partial charge on any atom is -0.465 e. The third-order valence-electron chi connectivity index (χ3n) is 3.65. The number of carbonyl (C=O) groups is 2. The number of carbonyl (C=O) groups excluding carboxylic acids is 2. The third kappa shape index (κ3) is 3.41. The zero-order valence-corrected chi connectivity index (χ0v) is 13.2. The summed E-state index contributed by atoms with van der Waals surface area (Å²) in [6.45, 7) is 0. The predicted octanol–water partition coefficient (Wildman–Crippen LogP) is 3.20. The molecule has 0 spiro atoms. The molecule has 0 radical (unpaired) electrons. The van der Waals surface area contributed by atoms with Gasteiger partial charge < -0.3 is 10.1 Å². The van der Waals surface area contributed by atoms with Gasteiger partial charge in [0.05, 0.1) is 19.1 Å². The molecule has 24 heavy (non-hydrogen) atoms. The minimum atomic E-state index is -0.400. The van der Waals surface area contributed by atoms with Crippen LogP contribution in [-0.4, -0.2) is 24.0 Å². The van der Waals surface area contributed by atoms with E-state index in [0.717, 1.165) is 16.3 Å². The fourth-order valence-electron chi connectivity index (χ4n) is 2.48. The quantitative estimate of drug-likeness (QED) is 0.750. The number of esters is 1. The number of anilines is 1. The number of nitrogens with one attached hydrogen (secondary N) is 1. The maximum Gasteiger partial charge on any atom is 0.337 e. The van der Waals surface area contributed by atoms with Crippen LogP contribution in [0.25, 0.3) is 10.8 Å². The number of nitrogens with zero attached hydrogens (tertiary/aromatic N) is 1. The molecule has 0 bridgehead atoms. The van der Waals surface area contributed by atoms with Gasteiger partial charge in [-0.2, -0.15) is 0 Å². The highest BCUT2D eigenvalue weighted by atomic mass is 16.5. The Hall–Kier alpha value is -3.21. The fourth-order valence-corrected chi connectivity index (χ4v) is 2.48. The van der Waals surface area contributed by atoms with E-state index in [1.165, 1.54) is 7.11 Å². The molecule has 2 aromatic carbocycles. The standard InChI is InChI=1S/C19H16N2O3/c1-24-19(23)15-7-8-16-14(12-15)9-10-20-18(16)21-17(22)11-13-5-3-2-4-6-13/h2-10,12H,11H2,1H3,(H,20,21,22). The lowest BCUT2D eigenvalue weighted by Gasteiger charge is -2.09. The first-order chi connectivity index (χ1) is 11.7. The van der Waals surface area contributed by atoms with Gasteiger partial charge in [-0.25, -0.2) is 9.78 Å². The smallest absolute Gasteiger partial charge is 0.337 e. The number of rotatable bonds is 4. The highest BCUT2D eigenvalue weighted by molar-refractivity contribution is 6.03. The molecule has 0 fully saturated rings. The molecular formula is C19H16N2O3. The van der Waals surface area contributed by atoms with Gasteiger partial charge in [0.25, 0.3) is 0 Å². The summed E-state index contributed by atoms with van der Waals surface area (Å²) in [7, 11) is 1.34. The Morgan fingerprint density at radius 3 is 2.62 bits per heavy atom. The van der Waals surface area contributed by atoms with Crippen molar-refractivity contribution in [3.05, 3.63) is 71.9 Å². The van der Waals surface area contributed by atoms with E-state index in [1.54, 1.807) is 30.5 Å². The van der Waals surface area contributed by atoms with Crippen LogP contribution in [0.15, 0.2) is 60.8 Å². The second-order valence-electron chi connectivity index (χ2n) is 5.30.